The lowest BCUT2D eigenvalue weighted by Crippen LogP contribution is -2.06. The molecule has 0 fully saturated rings. The van der Waals surface area contributed by atoms with E-state index in [9.17, 15) is 13.2 Å². The number of aryl methyl sites for hydroxylation is 1. The smallest absolute Gasteiger partial charge is 0.435 e. The van der Waals surface area contributed by atoms with E-state index in [1.54, 1.807) is 48.5 Å². The van der Waals surface area contributed by atoms with Gasteiger partial charge in [0, 0.05) is 18.2 Å². The maximum Gasteiger partial charge on any atom is 0.435 e. The van der Waals surface area contributed by atoms with Crippen LogP contribution in [0, 0.1) is 11.3 Å². The molecule has 0 atom stereocenters. The van der Waals surface area contributed by atoms with Gasteiger partial charge in [-0.25, -0.2) is 0 Å². The van der Waals surface area contributed by atoms with Crippen LogP contribution in [0.1, 0.15) is 17.0 Å². The average molecular weight is 424 g/mol. The van der Waals surface area contributed by atoms with E-state index in [0.29, 0.717) is 33.8 Å². The molecule has 0 saturated carbocycles. The van der Waals surface area contributed by atoms with Gasteiger partial charge in [0.05, 0.1) is 5.69 Å². The van der Waals surface area contributed by atoms with Crippen molar-refractivity contribution in [1.29, 1.82) is 5.26 Å². The summed E-state index contributed by atoms with van der Waals surface area (Å²) < 4.78 is 46.2. The monoisotopic (exact) mass is 424 g/mol. The highest BCUT2D eigenvalue weighted by Crippen LogP contribution is 2.33. The summed E-state index contributed by atoms with van der Waals surface area (Å²) in [5, 5.41) is 22.9. The third kappa shape index (κ3) is 4.11. The van der Waals surface area contributed by atoms with Gasteiger partial charge in [-0.05, 0) is 23.8 Å². The highest BCUT2D eigenvalue weighted by molar-refractivity contribution is 5.66. The Labute approximate surface area is 174 Å². The molecule has 0 spiro atoms. The largest absolute Gasteiger partial charge is 0.489 e. The first-order valence-corrected chi connectivity index (χ1v) is 9.10. The number of ether oxygens (including phenoxy) is 1. The van der Waals surface area contributed by atoms with Crippen molar-refractivity contribution < 1.29 is 17.9 Å². The number of nitriles is 1. The number of aromatic amines is 1. The maximum atomic E-state index is 13.0. The maximum absolute atomic E-state index is 13.0. The van der Waals surface area contributed by atoms with E-state index < -0.39 is 11.9 Å². The number of H-pyrrole nitrogens is 1. The van der Waals surface area contributed by atoms with E-state index in [2.05, 4.69) is 20.5 Å². The van der Waals surface area contributed by atoms with Gasteiger partial charge in [-0.1, -0.05) is 36.4 Å². The molecular formula is C21H15F3N6O. The second kappa shape index (κ2) is 7.95. The number of hydrogen-bond acceptors (Lipinski definition) is 5. The highest BCUT2D eigenvalue weighted by Gasteiger charge is 2.34. The Kier molecular flexibility index (Phi) is 5.17. The van der Waals surface area contributed by atoms with Crippen LogP contribution in [0.5, 0.6) is 5.75 Å². The van der Waals surface area contributed by atoms with Gasteiger partial charge >= 0.3 is 6.18 Å². The molecule has 0 aliphatic rings. The molecule has 2 aromatic heterocycles. The highest BCUT2D eigenvalue weighted by atomic mass is 19.4. The quantitative estimate of drug-likeness (QED) is 0.515. The van der Waals surface area contributed by atoms with Gasteiger partial charge in [0.2, 0.25) is 0 Å². The fourth-order valence-corrected chi connectivity index (χ4v) is 3.16. The Morgan fingerprint density at radius 2 is 1.90 bits per heavy atom. The van der Waals surface area contributed by atoms with Crippen molar-refractivity contribution >= 4 is 0 Å². The van der Waals surface area contributed by atoms with Crippen molar-refractivity contribution in [2.24, 2.45) is 7.05 Å². The van der Waals surface area contributed by atoms with Crippen LogP contribution in [0.2, 0.25) is 0 Å². The summed E-state index contributed by atoms with van der Waals surface area (Å²) in [6.45, 7) is 0.121. The van der Waals surface area contributed by atoms with E-state index >= 15 is 0 Å². The molecular weight excluding hydrogens is 409 g/mol. The van der Waals surface area contributed by atoms with E-state index in [1.807, 2.05) is 6.07 Å². The number of alkyl halides is 3. The first-order valence-electron chi connectivity index (χ1n) is 9.10. The van der Waals surface area contributed by atoms with E-state index in [-0.39, 0.29) is 12.3 Å². The van der Waals surface area contributed by atoms with Gasteiger partial charge in [0.15, 0.2) is 11.4 Å². The molecule has 31 heavy (non-hydrogen) atoms. The van der Waals surface area contributed by atoms with Crippen LogP contribution in [0.3, 0.4) is 0 Å². The van der Waals surface area contributed by atoms with E-state index in [1.165, 1.54) is 11.7 Å². The molecule has 4 aromatic rings. The van der Waals surface area contributed by atoms with Crippen molar-refractivity contribution in [1.82, 2.24) is 25.2 Å². The molecule has 0 amide bonds. The van der Waals surface area contributed by atoms with Crippen molar-refractivity contribution in [2.45, 2.75) is 12.8 Å². The summed E-state index contributed by atoms with van der Waals surface area (Å²) in [6.07, 6.45) is -4.52. The SMILES string of the molecule is Cn1nc(C(F)(F)F)cc1-c1ccccc1COc1cccc(-c2n[nH]nc2C#N)c1. The van der Waals surface area contributed by atoms with Gasteiger partial charge < -0.3 is 4.74 Å². The number of hydrogen-bond donors (Lipinski definition) is 1. The number of halogens is 3. The molecule has 0 unspecified atom stereocenters. The molecule has 0 aliphatic heterocycles. The topological polar surface area (TPSA) is 92.4 Å². The summed E-state index contributed by atoms with van der Waals surface area (Å²) in [5.41, 5.74) is 1.90. The predicted octanol–water partition coefficient (Wildman–Crippen LogP) is 4.34. The number of aromatic nitrogens is 5. The van der Waals surface area contributed by atoms with Crippen LogP contribution in [0.4, 0.5) is 13.2 Å². The molecule has 0 radical (unpaired) electrons. The second-order valence-electron chi connectivity index (χ2n) is 6.64. The lowest BCUT2D eigenvalue weighted by atomic mass is 10.0. The Bertz CT molecular complexity index is 1270. The number of benzene rings is 2. The van der Waals surface area contributed by atoms with Crippen LogP contribution < -0.4 is 4.74 Å². The van der Waals surface area contributed by atoms with E-state index in [0.717, 1.165) is 6.07 Å². The van der Waals surface area contributed by atoms with Gasteiger partial charge in [-0.15, -0.1) is 5.10 Å². The first kappa shape index (κ1) is 20.2. The summed E-state index contributed by atoms with van der Waals surface area (Å²) in [6, 6.07) is 17.0. The normalized spacial score (nSPS) is 11.3. The minimum atomic E-state index is -4.52. The third-order valence-electron chi connectivity index (χ3n) is 4.62. The van der Waals surface area contributed by atoms with Crippen LogP contribution in [-0.2, 0) is 19.8 Å². The van der Waals surface area contributed by atoms with Crippen LogP contribution >= 0.6 is 0 Å². The van der Waals surface area contributed by atoms with Gasteiger partial charge in [0.1, 0.15) is 24.1 Å². The molecule has 4 rings (SSSR count). The minimum Gasteiger partial charge on any atom is -0.489 e. The molecule has 7 nitrogen and oxygen atoms in total. The molecule has 0 bridgehead atoms. The van der Waals surface area contributed by atoms with Crippen molar-refractivity contribution in [2.75, 3.05) is 0 Å². The summed E-state index contributed by atoms with van der Waals surface area (Å²) in [7, 11) is 1.47. The summed E-state index contributed by atoms with van der Waals surface area (Å²) >= 11 is 0. The third-order valence-corrected chi connectivity index (χ3v) is 4.62. The average Bonchev–Trinajstić information content (AvgIpc) is 3.39. The molecule has 2 aromatic carbocycles. The lowest BCUT2D eigenvalue weighted by Gasteiger charge is -2.12. The van der Waals surface area contributed by atoms with Gasteiger partial charge in [-0.2, -0.15) is 33.8 Å². The Hall–Kier alpha value is -4.13. The van der Waals surface area contributed by atoms with E-state index in [4.69, 9.17) is 10.00 Å². The molecule has 2 heterocycles. The summed E-state index contributed by atoms with van der Waals surface area (Å²) in [4.78, 5) is 0. The zero-order valence-electron chi connectivity index (χ0n) is 16.2. The Morgan fingerprint density at radius 1 is 1.10 bits per heavy atom. The Morgan fingerprint density at radius 3 is 2.65 bits per heavy atom. The van der Waals surface area contributed by atoms with Crippen molar-refractivity contribution in [3.05, 3.63) is 71.5 Å². The minimum absolute atomic E-state index is 0.121. The van der Waals surface area contributed by atoms with Crippen LogP contribution in [0.25, 0.3) is 22.5 Å². The number of rotatable bonds is 5. The molecule has 156 valence electrons. The first-order chi connectivity index (χ1) is 14.9. The number of nitrogens with one attached hydrogen (secondary N) is 1. The zero-order chi connectivity index (χ0) is 22.0. The Balaban J connectivity index is 1.60. The van der Waals surface area contributed by atoms with Crippen LogP contribution in [0.15, 0.2) is 54.6 Å². The fraction of sp³-hybridized carbons (Fsp3) is 0.143. The lowest BCUT2D eigenvalue weighted by molar-refractivity contribution is -0.141. The molecule has 1 N–H and O–H groups in total. The molecule has 10 heteroatoms. The fourth-order valence-electron chi connectivity index (χ4n) is 3.16. The summed E-state index contributed by atoms with van der Waals surface area (Å²) in [5.74, 6) is 0.514. The standard InChI is InChI=1S/C21H15F3N6O/c1-30-18(10-19(28-30)21(22,23)24)16-8-3-2-5-14(16)12-31-15-7-4-6-13(9-15)20-17(11-25)26-29-27-20/h2-10H,12H2,1H3,(H,26,27,29). The molecule has 0 saturated heterocycles. The second-order valence-corrected chi connectivity index (χ2v) is 6.64. The number of nitrogens with zero attached hydrogens (tertiary/aromatic N) is 5. The van der Waals surface area contributed by atoms with Crippen molar-refractivity contribution in [3.63, 3.8) is 0 Å². The predicted molar refractivity (Wildman–Crippen MR) is 105 cm³/mol. The molecule has 0 aliphatic carbocycles. The van der Waals surface area contributed by atoms with Gasteiger partial charge in [0.25, 0.3) is 0 Å². The van der Waals surface area contributed by atoms with Gasteiger partial charge in [-0.3, -0.25) is 4.68 Å². The zero-order valence-corrected chi connectivity index (χ0v) is 16.2. The van der Waals surface area contributed by atoms with Crippen molar-refractivity contribution in [3.8, 4) is 34.3 Å². The van der Waals surface area contributed by atoms with Crippen LogP contribution in [-0.4, -0.2) is 25.2 Å².